The van der Waals surface area contributed by atoms with Crippen LogP contribution in [-0.2, 0) is 0 Å². The largest absolute Gasteiger partial charge is 0.371 e. The summed E-state index contributed by atoms with van der Waals surface area (Å²) in [6.45, 7) is 5.64. The highest BCUT2D eigenvalue weighted by atomic mass is 79.9. The molecule has 2 rings (SSSR count). The Kier molecular flexibility index (Phi) is 4.99. The van der Waals surface area contributed by atoms with Crippen LogP contribution in [0.3, 0.4) is 0 Å². The first kappa shape index (κ1) is 14.5. The van der Waals surface area contributed by atoms with Crippen LogP contribution in [0.2, 0.25) is 0 Å². The maximum absolute atomic E-state index is 11.2. The summed E-state index contributed by atoms with van der Waals surface area (Å²) in [6, 6.07) is 6.36. The summed E-state index contributed by atoms with van der Waals surface area (Å²) < 4.78 is 1.02. The van der Waals surface area contributed by atoms with Gasteiger partial charge in [0, 0.05) is 41.9 Å². The number of carbonyl (C=O) groups excluding carboxylic acids is 1. The lowest BCUT2D eigenvalue weighted by Crippen LogP contribution is -2.43. The first-order chi connectivity index (χ1) is 9.15. The molecule has 4 heteroatoms. The van der Waals surface area contributed by atoms with Gasteiger partial charge in [-0.1, -0.05) is 22.9 Å². The van der Waals surface area contributed by atoms with Crippen molar-refractivity contribution in [1.29, 1.82) is 0 Å². The molecule has 0 spiro atoms. The van der Waals surface area contributed by atoms with Crippen molar-refractivity contribution in [1.82, 2.24) is 4.90 Å². The molecular weight excluding hydrogens is 304 g/mol. The van der Waals surface area contributed by atoms with Crippen molar-refractivity contribution < 1.29 is 4.79 Å². The van der Waals surface area contributed by atoms with E-state index in [4.69, 9.17) is 0 Å². The van der Waals surface area contributed by atoms with Crippen LogP contribution in [0.1, 0.15) is 30.1 Å². The van der Waals surface area contributed by atoms with Crippen LogP contribution in [-0.4, -0.2) is 43.9 Å². The zero-order chi connectivity index (χ0) is 13.8. The van der Waals surface area contributed by atoms with Crippen LogP contribution in [0.15, 0.2) is 22.7 Å². The minimum Gasteiger partial charge on any atom is -0.371 e. The van der Waals surface area contributed by atoms with Crippen molar-refractivity contribution >= 4 is 27.9 Å². The number of hydrogen-bond acceptors (Lipinski definition) is 3. The Morgan fingerprint density at radius 2 is 2.11 bits per heavy atom. The Bertz CT molecular complexity index is 442. The van der Waals surface area contributed by atoms with Gasteiger partial charge in [0.15, 0.2) is 6.29 Å². The number of carbonyl (C=O) groups is 1. The van der Waals surface area contributed by atoms with Crippen LogP contribution >= 0.6 is 15.9 Å². The summed E-state index contributed by atoms with van der Waals surface area (Å²) in [5.74, 6) is 0. The molecular formula is C15H21BrN2O. The molecule has 0 aromatic heterocycles. The van der Waals surface area contributed by atoms with Gasteiger partial charge in [-0.25, -0.2) is 0 Å². The lowest BCUT2D eigenvalue weighted by atomic mass is 10.0. The zero-order valence-electron chi connectivity index (χ0n) is 11.6. The van der Waals surface area contributed by atoms with E-state index in [0.29, 0.717) is 6.04 Å². The average Bonchev–Trinajstić information content (AvgIpc) is 2.46. The minimum absolute atomic E-state index is 0.524. The third-order valence-corrected chi connectivity index (χ3v) is 4.54. The Morgan fingerprint density at radius 1 is 1.42 bits per heavy atom. The highest BCUT2D eigenvalue weighted by Gasteiger charge is 2.23. The van der Waals surface area contributed by atoms with E-state index in [1.807, 2.05) is 18.2 Å². The van der Waals surface area contributed by atoms with Crippen molar-refractivity contribution in [3.63, 3.8) is 0 Å². The number of likely N-dealkylation sites (tertiary alicyclic amines) is 1. The van der Waals surface area contributed by atoms with Crippen molar-refractivity contribution in [2.45, 2.75) is 25.8 Å². The molecule has 1 saturated heterocycles. The SMILES string of the molecule is CCN1CCC(N(C)c2cc(Br)ccc2C=O)CC1. The number of rotatable bonds is 4. The molecule has 104 valence electrons. The molecule has 1 aliphatic heterocycles. The number of hydrogen-bond donors (Lipinski definition) is 0. The predicted molar refractivity (Wildman–Crippen MR) is 83.1 cm³/mol. The van der Waals surface area contributed by atoms with Gasteiger partial charge in [-0.15, -0.1) is 0 Å². The van der Waals surface area contributed by atoms with Crippen molar-refractivity contribution in [3.05, 3.63) is 28.2 Å². The van der Waals surface area contributed by atoms with Crippen LogP contribution in [0.25, 0.3) is 0 Å². The van der Waals surface area contributed by atoms with E-state index in [0.717, 1.165) is 54.5 Å². The van der Waals surface area contributed by atoms with E-state index in [9.17, 15) is 4.79 Å². The quantitative estimate of drug-likeness (QED) is 0.795. The molecule has 1 aliphatic rings. The molecule has 0 saturated carbocycles. The standard InChI is InChI=1S/C15H21BrN2O/c1-3-18-8-6-14(7-9-18)17(2)15-10-13(16)5-4-12(15)11-19/h4-5,10-11,14H,3,6-9H2,1-2H3. The number of nitrogens with zero attached hydrogens (tertiary/aromatic N) is 2. The molecule has 1 heterocycles. The maximum Gasteiger partial charge on any atom is 0.152 e. The predicted octanol–water partition coefficient (Wildman–Crippen LogP) is 3.18. The van der Waals surface area contributed by atoms with Gasteiger partial charge in [0.05, 0.1) is 0 Å². The van der Waals surface area contributed by atoms with E-state index in [1.54, 1.807) is 0 Å². The number of anilines is 1. The van der Waals surface area contributed by atoms with Crippen molar-refractivity contribution in [2.75, 3.05) is 31.6 Å². The lowest BCUT2D eigenvalue weighted by Gasteiger charge is -2.38. The fraction of sp³-hybridized carbons (Fsp3) is 0.533. The lowest BCUT2D eigenvalue weighted by molar-refractivity contribution is 0.112. The summed E-state index contributed by atoms with van der Waals surface area (Å²) in [4.78, 5) is 15.9. The van der Waals surface area contributed by atoms with E-state index in [1.165, 1.54) is 0 Å². The molecule has 0 aliphatic carbocycles. The van der Waals surface area contributed by atoms with Gasteiger partial charge in [0.25, 0.3) is 0 Å². The van der Waals surface area contributed by atoms with E-state index in [-0.39, 0.29) is 0 Å². The summed E-state index contributed by atoms with van der Waals surface area (Å²) >= 11 is 3.49. The number of halogens is 1. The fourth-order valence-corrected chi connectivity index (χ4v) is 3.09. The molecule has 0 unspecified atom stereocenters. The highest BCUT2D eigenvalue weighted by molar-refractivity contribution is 9.10. The first-order valence-electron chi connectivity index (χ1n) is 6.85. The molecule has 0 N–H and O–H groups in total. The van der Waals surface area contributed by atoms with Gasteiger partial charge in [0.1, 0.15) is 0 Å². The van der Waals surface area contributed by atoms with E-state index in [2.05, 4.69) is 39.7 Å². The van der Waals surface area contributed by atoms with Gasteiger partial charge < -0.3 is 9.80 Å². The second kappa shape index (κ2) is 6.53. The highest BCUT2D eigenvalue weighted by Crippen LogP contribution is 2.27. The Morgan fingerprint density at radius 3 is 2.68 bits per heavy atom. The second-order valence-electron chi connectivity index (χ2n) is 5.10. The van der Waals surface area contributed by atoms with Crippen molar-refractivity contribution in [2.24, 2.45) is 0 Å². The molecule has 1 fully saturated rings. The summed E-state index contributed by atoms with van der Waals surface area (Å²) in [6.07, 6.45) is 3.27. The number of piperidine rings is 1. The molecule has 0 atom stereocenters. The molecule has 0 radical (unpaired) electrons. The molecule has 0 bridgehead atoms. The summed E-state index contributed by atoms with van der Waals surface area (Å²) in [7, 11) is 2.10. The van der Waals surface area contributed by atoms with Gasteiger partial charge in [-0.3, -0.25) is 4.79 Å². The summed E-state index contributed by atoms with van der Waals surface area (Å²) in [5, 5.41) is 0. The average molecular weight is 325 g/mol. The molecule has 19 heavy (non-hydrogen) atoms. The second-order valence-corrected chi connectivity index (χ2v) is 6.01. The summed E-state index contributed by atoms with van der Waals surface area (Å²) in [5.41, 5.74) is 1.79. The zero-order valence-corrected chi connectivity index (χ0v) is 13.2. The molecule has 3 nitrogen and oxygen atoms in total. The van der Waals surface area contributed by atoms with E-state index >= 15 is 0 Å². The van der Waals surface area contributed by atoms with Crippen LogP contribution < -0.4 is 4.90 Å². The third kappa shape index (κ3) is 3.37. The van der Waals surface area contributed by atoms with Gasteiger partial charge in [-0.05, 0) is 37.6 Å². The monoisotopic (exact) mass is 324 g/mol. The fourth-order valence-electron chi connectivity index (χ4n) is 2.74. The Labute approximate surface area is 123 Å². The minimum atomic E-state index is 0.524. The number of aldehydes is 1. The van der Waals surface area contributed by atoms with Crippen LogP contribution in [0.5, 0.6) is 0 Å². The first-order valence-corrected chi connectivity index (χ1v) is 7.65. The third-order valence-electron chi connectivity index (χ3n) is 4.05. The Balaban J connectivity index is 2.13. The van der Waals surface area contributed by atoms with Crippen LogP contribution in [0, 0.1) is 0 Å². The molecule has 0 amide bonds. The van der Waals surface area contributed by atoms with Gasteiger partial charge in [-0.2, -0.15) is 0 Å². The molecule has 1 aromatic rings. The topological polar surface area (TPSA) is 23.6 Å². The molecule has 1 aromatic carbocycles. The van der Waals surface area contributed by atoms with E-state index < -0.39 is 0 Å². The number of benzene rings is 1. The smallest absolute Gasteiger partial charge is 0.152 e. The van der Waals surface area contributed by atoms with Crippen molar-refractivity contribution in [3.8, 4) is 0 Å². The van der Waals surface area contributed by atoms with Gasteiger partial charge >= 0.3 is 0 Å². The van der Waals surface area contributed by atoms with Gasteiger partial charge in [0.2, 0.25) is 0 Å². The normalized spacial score (nSPS) is 17.4. The van der Waals surface area contributed by atoms with Crippen LogP contribution in [0.4, 0.5) is 5.69 Å². The maximum atomic E-state index is 11.2. The Hall–Kier alpha value is -0.870.